The van der Waals surface area contributed by atoms with Crippen LogP contribution in [0, 0.1) is 5.82 Å². The van der Waals surface area contributed by atoms with Gasteiger partial charge in [-0.25, -0.2) is 4.39 Å². The minimum Gasteiger partial charge on any atom is -0.339 e. The molecule has 0 saturated heterocycles. The van der Waals surface area contributed by atoms with E-state index in [1.165, 1.54) is 12.1 Å². The average molecular weight is 368 g/mol. The summed E-state index contributed by atoms with van der Waals surface area (Å²) < 4.78 is 14.7. The lowest BCUT2D eigenvalue weighted by Crippen LogP contribution is -2.24. The molecule has 0 bridgehead atoms. The van der Waals surface area contributed by atoms with Crippen molar-refractivity contribution in [3.63, 3.8) is 0 Å². The summed E-state index contributed by atoms with van der Waals surface area (Å²) in [5.41, 5.74) is 2.08. The van der Waals surface area contributed by atoms with Gasteiger partial charge in [0, 0.05) is 27.3 Å². The molecule has 0 unspecified atom stereocenters. The number of Topliss-reactive ketones (excluding diaryl/α,β-unsaturated/α-hetero) is 1. The first-order valence-electron chi connectivity index (χ1n) is 7.97. The Hall–Kier alpha value is -3.12. The van der Waals surface area contributed by atoms with Gasteiger partial charge in [-0.15, -0.1) is 0 Å². The molecule has 0 saturated carbocycles. The molecule has 5 rings (SSSR count). The highest BCUT2D eigenvalue weighted by Gasteiger charge is 2.43. The van der Waals surface area contributed by atoms with Gasteiger partial charge in [0.15, 0.2) is 5.78 Å². The second-order valence-corrected chi connectivity index (χ2v) is 6.63. The van der Waals surface area contributed by atoms with E-state index in [-0.39, 0.29) is 21.9 Å². The molecular weight excluding hydrogens is 357 g/mol. The van der Waals surface area contributed by atoms with Crippen molar-refractivity contribution in [3.8, 4) is 0 Å². The van der Waals surface area contributed by atoms with Crippen LogP contribution in [0.1, 0.15) is 33.0 Å². The molecule has 26 heavy (non-hydrogen) atoms. The number of aromatic nitrogens is 2. The van der Waals surface area contributed by atoms with Crippen LogP contribution in [0.4, 0.5) is 10.2 Å². The van der Waals surface area contributed by atoms with Crippen LogP contribution in [0.5, 0.6) is 0 Å². The minimum atomic E-state index is -0.898. The normalized spacial score (nSPS) is 17.6. The fraction of sp³-hybridized carbons (Fsp3) is 0.0526. The molecule has 3 aromatic rings. The maximum atomic E-state index is 14.7. The standard InChI is InChI=1S/C19H11ClFN3O2/c20-10-6-3-7-11(21)12(10)13-14-16(22-18-15(13)19(26)24-23-18)8-4-1-2-5-9(8)17(14)25/h1-7,13H,(H3,22,23,24,26)/t13-/m1/s1. The van der Waals surface area contributed by atoms with Gasteiger partial charge in [-0.2, -0.15) is 0 Å². The highest BCUT2D eigenvalue weighted by atomic mass is 35.5. The van der Waals surface area contributed by atoms with E-state index in [0.29, 0.717) is 22.7 Å². The molecule has 2 heterocycles. The zero-order valence-electron chi connectivity index (χ0n) is 13.2. The topological polar surface area (TPSA) is 77.8 Å². The summed E-state index contributed by atoms with van der Waals surface area (Å²) in [6, 6.07) is 11.4. The lowest BCUT2D eigenvalue weighted by molar-refractivity contribution is 0.103. The third-order valence-electron chi connectivity index (χ3n) is 4.89. The molecule has 2 aliphatic rings. The van der Waals surface area contributed by atoms with E-state index in [4.69, 9.17) is 11.6 Å². The molecule has 0 fully saturated rings. The summed E-state index contributed by atoms with van der Waals surface area (Å²) in [5, 5.41) is 8.54. The lowest BCUT2D eigenvalue weighted by Gasteiger charge is -2.26. The number of benzene rings is 2. The second kappa shape index (κ2) is 5.19. The SMILES string of the molecule is O=C1C2=C(Nc3[nH][nH]c(=O)c3[C@@H]2c2c(F)cccc2Cl)c2ccccc21. The van der Waals surface area contributed by atoms with Crippen LogP contribution in [0.3, 0.4) is 0 Å². The van der Waals surface area contributed by atoms with Gasteiger partial charge < -0.3 is 5.32 Å². The summed E-state index contributed by atoms with van der Waals surface area (Å²) in [6.45, 7) is 0. The fourth-order valence-electron chi connectivity index (χ4n) is 3.80. The molecule has 3 N–H and O–H groups in total. The number of H-pyrrole nitrogens is 2. The van der Waals surface area contributed by atoms with Gasteiger partial charge >= 0.3 is 0 Å². The predicted octanol–water partition coefficient (Wildman–Crippen LogP) is 3.66. The highest BCUT2D eigenvalue weighted by Crippen LogP contribution is 2.49. The number of hydrogen-bond donors (Lipinski definition) is 3. The molecule has 0 amide bonds. The summed E-state index contributed by atoms with van der Waals surface area (Å²) in [4.78, 5) is 25.5. The first-order valence-corrected chi connectivity index (χ1v) is 8.35. The Bertz CT molecular complexity index is 1170. The third-order valence-corrected chi connectivity index (χ3v) is 5.22. The van der Waals surface area contributed by atoms with E-state index < -0.39 is 17.3 Å². The molecule has 1 atom stereocenters. The van der Waals surface area contributed by atoms with Gasteiger partial charge in [0.1, 0.15) is 11.6 Å². The maximum absolute atomic E-state index is 14.7. The Labute approximate surface area is 151 Å². The van der Waals surface area contributed by atoms with E-state index in [1.807, 2.05) is 12.1 Å². The van der Waals surface area contributed by atoms with Gasteiger partial charge in [0.05, 0.1) is 17.2 Å². The van der Waals surface area contributed by atoms with Crippen molar-refractivity contribution in [1.82, 2.24) is 10.2 Å². The van der Waals surface area contributed by atoms with Crippen LogP contribution in [-0.4, -0.2) is 16.0 Å². The number of carbonyl (C=O) groups is 1. The molecule has 5 nitrogen and oxygen atoms in total. The molecule has 1 aromatic heterocycles. The van der Waals surface area contributed by atoms with E-state index in [0.717, 1.165) is 5.56 Å². The molecule has 128 valence electrons. The lowest BCUT2D eigenvalue weighted by atomic mass is 9.81. The second-order valence-electron chi connectivity index (χ2n) is 6.22. The number of halogens is 2. The monoisotopic (exact) mass is 367 g/mol. The zero-order chi connectivity index (χ0) is 18.0. The van der Waals surface area contributed by atoms with Crippen molar-refractivity contribution < 1.29 is 9.18 Å². The average Bonchev–Trinajstić information content (AvgIpc) is 3.14. The Kier molecular flexibility index (Phi) is 3.02. The van der Waals surface area contributed by atoms with Crippen LogP contribution >= 0.6 is 11.6 Å². The smallest absolute Gasteiger partial charge is 0.270 e. The number of rotatable bonds is 1. The van der Waals surface area contributed by atoms with Crippen LogP contribution in [-0.2, 0) is 0 Å². The largest absolute Gasteiger partial charge is 0.339 e. The summed E-state index contributed by atoms with van der Waals surface area (Å²) in [5.74, 6) is -1.29. The molecule has 1 aliphatic carbocycles. The van der Waals surface area contributed by atoms with Crippen molar-refractivity contribution in [2.75, 3.05) is 5.32 Å². The quantitative estimate of drug-likeness (QED) is 0.614. The van der Waals surface area contributed by atoms with Crippen molar-refractivity contribution in [2.24, 2.45) is 0 Å². The van der Waals surface area contributed by atoms with Gasteiger partial charge in [-0.05, 0) is 12.1 Å². The third kappa shape index (κ3) is 1.84. The highest BCUT2D eigenvalue weighted by molar-refractivity contribution is 6.32. The number of anilines is 1. The summed E-state index contributed by atoms with van der Waals surface area (Å²) in [7, 11) is 0. The number of carbonyl (C=O) groups excluding carboxylic acids is 1. The molecule has 1 aliphatic heterocycles. The first-order chi connectivity index (χ1) is 12.6. The van der Waals surface area contributed by atoms with Crippen LogP contribution in [0.15, 0.2) is 52.8 Å². The van der Waals surface area contributed by atoms with Gasteiger partial charge in [0.25, 0.3) is 5.56 Å². The maximum Gasteiger partial charge on any atom is 0.270 e. The summed E-state index contributed by atoms with van der Waals surface area (Å²) >= 11 is 6.28. The van der Waals surface area contributed by atoms with E-state index in [9.17, 15) is 14.0 Å². The van der Waals surface area contributed by atoms with E-state index in [2.05, 4.69) is 15.5 Å². The first kappa shape index (κ1) is 15.2. The number of allylic oxidation sites excluding steroid dienone is 1. The molecular formula is C19H11ClFN3O2. The van der Waals surface area contributed by atoms with E-state index in [1.54, 1.807) is 18.2 Å². The fourth-order valence-corrected chi connectivity index (χ4v) is 4.07. The molecule has 7 heteroatoms. The minimum absolute atomic E-state index is 0.121. The van der Waals surface area contributed by atoms with Gasteiger partial charge in [-0.1, -0.05) is 41.9 Å². The summed E-state index contributed by atoms with van der Waals surface area (Å²) in [6.07, 6.45) is 0. The van der Waals surface area contributed by atoms with Crippen molar-refractivity contribution in [3.05, 3.63) is 91.5 Å². The number of fused-ring (bicyclic) bond motifs is 3. The predicted molar refractivity (Wildman–Crippen MR) is 96.0 cm³/mol. The van der Waals surface area contributed by atoms with Crippen LogP contribution in [0.25, 0.3) is 5.70 Å². The molecule has 0 spiro atoms. The Morgan fingerprint density at radius 1 is 0.923 bits per heavy atom. The number of hydrogen-bond acceptors (Lipinski definition) is 3. The Balaban J connectivity index is 1.86. The number of nitrogens with one attached hydrogen (secondary N) is 3. The van der Waals surface area contributed by atoms with E-state index >= 15 is 0 Å². The number of ketones is 1. The van der Waals surface area contributed by atoms with Crippen molar-refractivity contribution in [1.29, 1.82) is 0 Å². The zero-order valence-corrected chi connectivity index (χ0v) is 13.9. The van der Waals surface area contributed by atoms with Gasteiger partial charge in [-0.3, -0.25) is 19.8 Å². The van der Waals surface area contributed by atoms with Crippen molar-refractivity contribution >= 4 is 28.9 Å². The van der Waals surface area contributed by atoms with Gasteiger partial charge in [0.2, 0.25) is 0 Å². The Morgan fingerprint density at radius 3 is 2.46 bits per heavy atom. The van der Waals surface area contributed by atoms with Crippen LogP contribution < -0.4 is 10.9 Å². The molecule has 2 aromatic carbocycles. The van der Waals surface area contributed by atoms with Crippen molar-refractivity contribution in [2.45, 2.75) is 5.92 Å². The Morgan fingerprint density at radius 2 is 1.69 bits per heavy atom. The number of aromatic amines is 2. The van der Waals surface area contributed by atoms with Crippen LogP contribution in [0.2, 0.25) is 5.02 Å². The molecule has 0 radical (unpaired) electrons.